The zero-order chi connectivity index (χ0) is 20.0. The molecule has 2 unspecified atom stereocenters. The molecule has 0 N–H and O–H groups in total. The number of amides is 1. The van der Waals surface area contributed by atoms with Gasteiger partial charge in [0, 0.05) is 12.5 Å². The lowest BCUT2D eigenvalue weighted by Gasteiger charge is -2.51. The number of benzene rings is 1. The van der Waals surface area contributed by atoms with Gasteiger partial charge in [0.15, 0.2) is 17.3 Å². The van der Waals surface area contributed by atoms with Gasteiger partial charge in [0.1, 0.15) is 0 Å². The summed E-state index contributed by atoms with van der Waals surface area (Å²) < 4.78 is 11.0. The van der Waals surface area contributed by atoms with E-state index < -0.39 is 11.3 Å². The second-order valence-electron chi connectivity index (χ2n) is 8.85. The zero-order valence-corrected chi connectivity index (χ0v) is 17.3. The van der Waals surface area contributed by atoms with Crippen LogP contribution in [0.15, 0.2) is 12.1 Å². The van der Waals surface area contributed by atoms with Crippen molar-refractivity contribution in [1.29, 1.82) is 0 Å². The molecule has 1 heterocycles. The largest absolute Gasteiger partial charge is 0.493 e. The molecule has 1 saturated heterocycles. The van der Waals surface area contributed by atoms with Gasteiger partial charge in [-0.3, -0.25) is 9.59 Å². The second-order valence-corrected chi connectivity index (χ2v) is 8.85. The Morgan fingerprint density at radius 2 is 1.78 bits per heavy atom. The van der Waals surface area contributed by atoms with Crippen molar-refractivity contribution in [3.05, 3.63) is 23.3 Å². The Morgan fingerprint density at radius 3 is 2.37 bits per heavy atom. The average Bonchev–Trinajstić information content (AvgIpc) is 2.64. The lowest BCUT2D eigenvalue weighted by molar-refractivity contribution is -0.154. The molecule has 1 aromatic rings. The molecule has 0 bridgehead atoms. The van der Waals surface area contributed by atoms with Crippen LogP contribution in [0.4, 0.5) is 0 Å². The number of hydrogen-bond donors (Lipinski definition) is 0. The van der Waals surface area contributed by atoms with Gasteiger partial charge in [-0.1, -0.05) is 20.8 Å². The zero-order valence-electron chi connectivity index (χ0n) is 17.3. The van der Waals surface area contributed by atoms with Gasteiger partial charge in [0.05, 0.1) is 25.7 Å². The van der Waals surface area contributed by atoms with Crippen LogP contribution < -0.4 is 9.47 Å². The number of aryl methyl sites for hydroxylation is 1. The molecule has 27 heavy (non-hydrogen) atoms. The highest BCUT2D eigenvalue weighted by atomic mass is 16.5. The van der Waals surface area contributed by atoms with Gasteiger partial charge in [-0.15, -0.1) is 0 Å². The van der Waals surface area contributed by atoms with Gasteiger partial charge in [-0.05, 0) is 55.4 Å². The molecule has 0 saturated carbocycles. The Kier molecular flexibility index (Phi) is 5.00. The summed E-state index contributed by atoms with van der Waals surface area (Å²) in [5.74, 6) is 0.859. The molecule has 1 fully saturated rings. The molecule has 148 valence electrons. The molecule has 0 radical (unpaired) electrons. The molecule has 1 aliphatic carbocycles. The van der Waals surface area contributed by atoms with Crippen molar-refractivity contribution in [1.82, 2.24) is 4.90 Å². The van der Waals surface area contributed by atoms with E-state index in [9.17, 15) is 9.59 Å². The molecule has 3 rings (SSSR count). The third kappa shape index (κ3) is 3.11. The number of likely N-dealkylation sites (tertiary alicyclic amines) is 1. The minimum absolute atomic E-state index is 0.0394. The van der Waals surface area contributed by atoms with E-state index >= 15 is 0 Å². The third-order valence-electron chi connectivity index (χ3n) is 6.32. The Hall–Kier alpha value is -2.04. The summed E-state index contributed by atoms with van der Waals surface area (Å²) in [5, 5.41) is 0. The van der Waals surface area contributed by atoms with Crippen LogP contribution >= 0.6 is 0 Å². The van der Waals surface area contributed by atoms with E-state index in [-0.39, 0.29) is 17.2 Å². The fourth-order valence-electron chi connectivity index (χ4n) is 4.76. The number of hydrogen-bond acceptors (Lipinski definition) is 4. The SMILES string of the molecule is COc1cc2c(cc1OC)C1(CCC2)CCC(C(=O)C(C)(C)C)C(=O)N1C. The summed E-state index contributed by atoms with van der Waals surface area (Å²) >= 11 is 0. The van der Waals surface area contributed by atoms with Gasteiger partial charge in [0.25, 0.3) is 0 Å². The quantitative estimate of drug-likeness (QED) is 0.758. The summed E-state index contributed by atoms with van der Waals surface area (Å²) in [6, 6.07) is 4.07. The van der Waals surface area contributed by atoms with Crippen molar-refractivity contribution < 1.29 is 19.1 Å². The highest BCUT2D eigenvalue weighted by molar-refractivity contribution is 6.04. The molecule has 0 aromatic heterocycles. The minimum atomic E-state index is -0.536. The second kappa shape index (κ2) is 6.84. The highest BCUT2D eigenvalue weighted by Crippen LogP contribution is 2.50. The van der Waals surface area contributed by atoms with Crippen LogP contribution in [-0.4, -0.2) is 37.9 Å². The van der Waals surface area contributed by atoms with E-state index in [0.717, 1.165) is 37.0 Å². The molecule has 1 aromatic carbocycles. The number of carbonyl (C=O) groups excluding carboxylic acids is 2. The van der Waals surface area contributed by atoms with E-state index in [1.165, 1.54) is 5.56 Å². The van der Waals surface area contributed by atoms with Gasteiger partial charge < -0.3 is 14.4 Å². The number of piperidine rings is 1. The monoisotopic (exact) mass is 373 g/mol. The lowest BCUT2D eigenvalue weighted by Crippen LogP contribution is -2.57. The molecule has 5 heteroatoms. The van der Waals surface area contributed by atoms with Crippen molar-refractivity contribution >= 4 is 11.7 Å². The van der Waals surface area contributed by atoms with Crippen LogP contribution in [0.2, 0.25) is 0 Å². The number of methoxy groups -OCH3 is 2. The van der Waals surface area contributed by atoms with Crippen LogP contribution in [-0.2, 0) is 21.5 Å². The molecular weight excluding hydrogens is 342 g/mol. The number of fused-ring (bicyclic) bond motifs is 2. The summed E-state index contributed by atoms with van der Waals surface area (Å²) in [6.45, 7) is 5.67. The van der Waals surface area contributed by atoms with Crippen LogP contribution in [0.3, 0.4) is 0 Å². The number of ketones is 1. The van der Waals surface area contributed by atoms with Gasteiger partial charge >= 0.3 is 0 Å². The highest BCUT2D eigenvalue weighted by Gasteiger charge is 2.50. The number of rotatable bonds is 3. The average molecular weight is 373 g/mol. The summed E-state index contributed by atoms with van der Waals surface area (Å²) in [5.41, 5.74) is 1.48. The Morgan fingerprint density at radius 1 is 1.15 bits per heavy atom. The first kappa shape index (κ1) is 19.7. The number of carbonyl (C=O) groups is 2. The van der Waals surface area contributed by atoms with E-state index in [1.54, 1.807) is 14.2 Å². The van der Waals surface area contributed by atoms with Crippen molar-refractivity contribution in [3.8, 4) is 11.5 Å². The fourth-order valence-corrected chi connectivity index (χ4v) is 4.76. The van der Waals surface area contributed by atoms with Crippen LogP contribution in [0.1, 0.15) is 57.6 Å². The minimum Gasteiger partial charge on any atom is -0.493 e. The van der Waals surface area contributed by atoms with Crippen LogP contribution in [0.25, 0.3) is 0 Å². The maximum Gasteiger partial charge on any atom is 0.233 e. The number of ether oxygens (including phenoxy) is 2. The van der Waals surface area contributed by atoms with E-state index in [0.29, 0.717) is 12.2 Å². The standard InChI is InChI=1S/C22H31NO4/c1-21(2,3)19(24)15-9-11-22(23(4)20(15)25)10-7-8-14-12-17(26-5)18(27-6)13-16(14)22/h12-13,15H,7-11H2,1-6H3. The van der Waals surface area contributed by atoms with Crippen molar-refractivity contribution in [3.63, 3.8) is 0 Å². The first-order chi connectivity index (χ1) is 12.7. The number of Topliss-reactive ketones (excluding diaryl/α,β-unsaturated/α-hetero) is 1. The molecule has 2 atom stereocenters. The normalized spacial score (nSPS) is 25.3. The predicted molar refractivity (Wildman–Crippen MR) is 104 cm³/mol. The van der Waals surface area contributed by atoms with E-state index in [1.807, 2.05) is 44.9 Å². The Labute approximate surface area is 162 Å². The van der Waals surface area contributed by atoms with E-state index in [2.05, 4.69) is 0 Å². The molecule has 1 spiro atoms. The van der Waals surface area contributed by atoms with Crippen molar-refractivity contribution in [2.45, 2.75) is 58.4 Å². The molecule has 2 aliphatic rings. The molecule has 5 nitrogen and oxygen atoms in total. The first-order valence-corrected chi connectivity index (χ1v) is 9.73. The number of nitrogens with zero attached hydrogens (tertiary/aromatic N) is 1. The lowest BCUT2D eigenvalue weighted by atomic mass is 9.67. The summed E-state index contributed by atoms with van der Waals surface area (Å²) in [7, 11) is 5.13. The molecule has 1 aliphatic heterocycles. The molecular formula is C22H31NO4. The van der Waals surface area contributed by atoms with E-state index in [4.69, 9.17) is 9.47 Å². The van der Waals surface area contributed by atoms with Gasteiger partial charge in [0.2, 0.25) is 5.91 Å². The fraction of sp³-hybridized carbons (Fsp3) is 0.636. The molecule has 1 amide bonds. The predicted octanol–water partition coefficient (Wildman–Crippen LogP) is 3.72. The first-order valence-electron chi connectivity index (χ1n) is 9.73. The summed E-state index contributed by atoms with van der Waals surface area (Å²) in [6.07, 6.45) is 4.28. The summed E-state index contributed by atoms with van der Waals surface area (Å²) in [4.78, 5) is 27.9. The topological polar surface area (TPSA) is 55.8 Å². The van der Waals surface area contributed by atoms with Crippen molar-refractivity contribution in [2.24, 2.45) is 11.3 Å². The third-order valence-corrected chi connectivity index (χ3v) is 6.32. The van der Waals surface area contributed by atoms with Gasteiger partial charge in [-0.2, -0.15) is 0 Å². The maximum atomic E-state index is 13.2. The van der Waals surface area contributed by atoms with Crippen LogP contribution in [0, 0.1) is 11.3 Å². The maximum absolute atomic E-state index is 13.2. The Bertz CT molecular complexity index is 764. The Balaban J connectivity index is 2.02. The van der Waals surface area contributed by atoms with Crippen molar-refractivity contribution in [2.75, 3.05) is 21.3 Å². The smallest absolute Gasteiger partial charge is 0.233 e. The van der Waals surface area contributed by atoms with Gasteiger partial charge in [-0.25, -0.2) is 0 Å². The van der Waals surface area contributed by atoms with Crippen LogP contribution in [0.5, 0.6) is 11.5 Å².